The van der Waals surface area contributed by atoms with E-state index in [0.29, 0.717) is 5.41 Å². The molecule has 0 radical (unpaired) electrons. The summed E-state index contributed by atoms with van der Waals surface area (Å²) in [4.78, 5) is 0. The lowest BCUT2D eigenvalue weighted by molar-refractivity contribution is -0.127. The molecule has 3 fully saturated rings. The van der Waals surface area contributed by atoms with Gasteiger partial charge in [-0.15, -0.1) is 0 Å². The van der Waals surface area contributed by atoms with Crippen LogP contribution in [0.15, 0.2) is 28.8 Å². The van der Waals surface area contributed by atoms with Crippen molar-refractivity contribution in [3.05, 3.63) is 30.0 Å². The monoisotopic (exact) mass is 298 g/mol. The van der Waals surface area contributed by atoms with E-state index in [1.807, 2.05) is 18.2 Å². The van der Waals surface area contributed by atoms with Gasteiger partial charge in [-0.25, -0.2) is 0 Å². The van der Waals surface area contributed by atoms with Crippen LogP contribution >= 0.6 is 0 Å². The third kappa shape index (κ3) is 2.10. The second-order valence-electron chi connectivity index (χ2n) is 7.97. The summed E-state index contributed by atoms with van der Waals surface area (Å²) >= 11 is 0. The van der Waals surface area contributed by atoms with Crippen LogP contribution in [0.3, 0.4) is 0 Å². The van der Waals surface area contributed by atoms with Crippen molar-refractivity contribution in [2.45, 2.75) is 40.2 Å². The number of nitrogens with zero attached hydrogens (tertiary/aromatic N) is 1. The molecule has 3 nitrogen and oxygen atoms in total. The molecular weight excluding hydrogens is 272 g/mol. The minimum atomic E-state index is 0.582. The Bertz CT molecular complexity index is 675. The molecule has 1 aromatic heterocycles. The highest BCUT2D eigenvalue weighted by Crippen LogP contribution is 2.62. The molecule has 5 rings (SSSR count). The van der Waals surface area contributed by atoms with E-state index in [1.54, 1.807) is 0 Å². The van der Waals surface area contributed by atoms with Gasteiger partial charge in [0.15, 0.2) is 5.58 Å². The molecule has 0 spiro atoms. The van der Waals surface area contributed by atoms with Crippen LogP contribution in [0.25, 0.3) is 11.0 Å². The molecular formula is C19H26N2O. The van der Waals surface area contributed by atoms with Crippen LogP contribution in [-0.4, -0.2) is 11.7 Å². The summed E-state index contributed by atoms with van der Waals surface area (Å²) in [6.45, 7) is 9.30. The second kappa shape index (κ2) is 5.09. The summed E-state index contributed by atoms with van der Waals surface area (Å²) in [6.07, 6.45) is 2.84. The number of rotatable bonds is 4. The Hall–Kier alpha value is -1.35. The smallest absolute Gasteiger partial charge is 0.167 e. The molecule has 4 atom stereocenters. The third-order valence-corrected chi connectivity index (χ3v) is 6.66. The zero-order valence-electron chi connectivity index (χ0n) is 13.8. The Morgan fingerprint density at radius 1 is 1.27 bits per heavy atom. The third-order valence-electron chi connectivity index (χ3n) is 6.66. The van der Waals surface area contributed by atoms with Gasteiger partial charge in [0, 0.05) is 11.9 Å². The van der Waals surface area contributed by atoms with Crippen LogP contribution in [0.2, 0.25) is 0 Å². The highest BCUT2D eigenvalue weighted by molar-refractivity contribution is 5.79. The summed E-state index contributed by atoms with van der Waals surface area (Å²) in [5.41, 5.74) is 2.50. The highest BCUT2D eigenvalue weighted by atomic mass is 16.5. The van der Waals surface area contributed by atoms with E-state index in [1.165, 1.54) is 12.8 Å². The average Bonchev–Trinajstić information content (AvgIpc) is 2.92. The van der Waals surface area contributed by atoms with Crippen molar-refractivity contribution < 1.29 is 4.52 Å². The van der Waals surface area contributed by atoms with Gasteiger partial charge in [-0.3, -0.25) is 0 Å². The van der Waals surface area contributed by atoms with Crippen molar-refractivity contribution in [2.24, 2.45) is 29.1 Å². The van der Waals surface area contributed by atoms with Gasteiger partial charge in [0.2, 0.25) is 0 Å². The van der Waals surface area contributed by atoms with E-state index in [0.717, 1.165) is 53.4 Å². The zero-order chi connectivity index (χ0) is 15.3. The molecule has 3 aliphatic carbocycles. The van der Waals surface area contributed by atoms with Gasteiger partial charge in [0.05, 0.1) is 0 Å². The standard InChI is InChI=1S/C19H26N2O/c1-12-13(8-14-9-16(12)19(14,2)3)10-20-11-17-15-6-4-5-7-18(15)22-21-17/h4-7,12-14,16,20H,8-11H2,1-3H3/t12-,13?,14+,16+/m0/s1. The van der Waals surface area contributed by atoms with Crippen LogP contribution in [0, 0.1) is 29.1 Å². The Morgan fingerprint density at radius 2 is 2.09 bits per heavy atom. The predicted molar refractivity (Wildman–Crippen MR) is 88.4 cm³/mol. The summed E-state index contributed by atoms with van der Waals surface area (Å²) in [7, 11) is 0. The topological polar surface area (TPSA) is 38.1 Å². The first-order valence-corrected chi connectivity index (χ1v) is 8.61. The van der Waals surface area contributed by atoms with Gasteiger partial charge in [0.25, 0.3) is 0 Å². The van der Waals surface area contributed by atoms with Crippen LogP contribution in [0.4, 0.5) is 0 Å². The Kier molecular flexibility index (Phi) is 3.30. The maximum Gasteiger partial charge on any atom is 0.167 e. The number of benzene rings is 1. The predicted octanol–water partition coefficient (Wildman–Crippen LogP) is 4.24. The van der Waals surface area contributed by atoms with Crippen molar-refractivity contribution in [3.63, 3.8) is 0 Å². The van der Waals surface area contributed by atoms with Crippen LogP contribution < -0.4 is 5.32 Å². The number of aromatic nitrogens is 1. The van der Waals surface area contributed by atoms with Gasteiger partial charge >= 0.3 is 0 Å². The van der Waals surface area contributed by atoms with Gasteiger partial charge in [0.1, 0.15) is 5.69 Å². The first-order chi connectivity index (χ1) is 10.6. The molecule has 1 unspecified atom stereocenters. The molecule has 3 aliphatic rings. The van der Waals surface area contributed by atoms with Crippen molar-refractivity contribution in [1.29, 1.82) is 0 Å². The summed E-state index contributed by atoms with van der Waals surface area (Å²) < 4.78 is 5.37. The molecule has 2 bridgehead atoms. The summed E-state index contributed by atoms with van der Waals surface area (Å²) in [5, 5.41) is 8.97. The number of hydrogen-bond donors (Lipinski definition) is 1. The van der Waals surface area contributed by atoms with E-state index in [4.69, 9.17) is 4.52 Å². The van der Waals surface area contributed by atoms with Gasteiger partial charge in [-0.05, 0) is 60.6 Å². The Labute approximate surface area is 132 Å². The number of hydrogen-bond acceptors (Lipinski definition) is 3. The van der Waals surface area contributed by atoms with Gasteiger partial charge < -0.3 is 9.84 Å². The molecule has 2 aromatic rings. The highest BCUT2D eigenvalue weighted by Gasteiger charge is 2.55. The Balaban J connectivity index is 1.36. The van der Waals surface area contributed by atoms with E-state index in [9.17, 15) is 0 Å². The van der Waals surface area contributed by atoms with Crippen molar-refractivity contribution >= 4 is 11.0 Å². The number of nitrogens with one attached hydrogen (secondary N) is 1. The lowest BCUT2D eigenvalue weighted by Crippen LogP contribution is -2.56. The molecule has 3 heteroatoms. The van der Waals surface area contributed by atoms with E-state index >= 15 is 0 Å². The molecule has 1 heterocycles. The lowest BCUT2D eigenvalue weighted by atomic mass is 9.43. The number of para-hydroxylation sites is 1. The van der Waals surface area contributed by atoms with E-state index < -0.39 is 0 Å². The largest absolute Gasteiger partial charge is 0.356 e. The fourth-order valence-electron chi connectivity index (χ4n) is 4.97. The minimum absolute atomic E-state index is 0.582. The minimum Gasteiger partial charge on any atom is -0.356 e. The zero-order valence-corrected chi connectivity index (χ0v) is 13.8. The molecule has 0 saturated heterocycles. The normalized spacial score (nSPS) is 32.9. The van der Waals surface area contributed by atoms with E-state index in [-0.39, 0.29) is 0 Å². The molecule has 0 aliphatic heterocycles. The first kappa shape index (κ1) is 14.3. The lowest BCUT2D eigenvalue weighted by Gasteiger charge is -2.62. The molecule has 22 heavy (non-hydrogen) atoms. The summed E-state index contributed by atoms with van der Waals surface area (Å²) in [6, 6.07) is 8.10. The quantitative estimate of drug-likeness (QED) is 0.917. The molecule has 118 valence electrons. The molecule has 1 aromatic carbocycles. The molecule has 0 amide bonds. The van der Waals surface area contributed by atoms with E-state index in [2.05, 4.69) is 37.3 Å². The SMILES string of the molecule is C[C@H]1C(CNCc2noc3ccccc23)C[C@@H]2C[C@H]1C2(C)C. The first-order valence-electron chi connectivity index (χ1n) is 8.61. The fraction of sp³-hybridized carbons (Fsp3) is 0.632. The van der Waals surface area contributed by atoms with Crippen molar-refractivity contribution in [3.8, 4) is 0 Å². The average molecular weight is 298 g/mol. The fourth-order valence-corrected chi connectivity index (χ4v) is 4.97. The van der Waals surface area contributed by atoms with Crippen molar-refractivity contribution in [2.75, 3.05) is 6.54 Å². The van der Waals surface area contributed by atoms with Crippen LogP contribution in [0.1, 0.15) is 39.3 Å². The maximum absolute atomic E-state index is 5.37. The maximum atomic E-state index is 5.37. The molecule has 3 saturated carbocycles. The summed E-state index contributed by atoms with van der Waals surface area (Å²) in [5.74, 6) is 3.51. The van der Waals surface area contributed by atoms with Gasteiger partial charge in [-0.1, -0.05) is 38.1 Å². The van der Waals surface area contributed by atoms with Crippen LogP contribution in [0.5, 0.6) is 0 Å². The molecule has 1 N–H and O–H groups in total. The van der Waals surface area contributed by atoms with Crippen LogP contribution in [-0.2, 0) is 6.54 Å². The van der Waals surface area contributed by atoms with Crippen molar-refractivity contribution in [1.82, 2.24) is 10.5 Å². The second-order valence-corrected chi connectivity index (χ2v) is 7.97. The number of fused-ring (bicyclic) bond motifs is 3. The Morgan fingerprint density at radius 3 is 2.86 bits per heavy atom. The van der Waals surface area contributed by atoms with Gasteiger partial charge in [-0.2, -0.15) is 0 Å².